The summed E-state index contributed by atoms with van der Waals surface area (Å²) < 4.78 is 16.5. The van der Waals surface area contributed by atoms with E-state index in [0.717, 1.165) is 5.56 Å². The summed E-state index contributed by atoms with van der Waals surface area (Å²) in [5, 5.41) is 0. The van der Waals surface area contributed by atoms with Crippen LogP contribution in [0.4, 0.5) is 0 Å². The molecule has 0 saturated carbocycles. The van der Waals surface area contributed by atoms with Crippen molar-refractivity contribution in [2.24, 2.45) is 0 Å². The SMILES string of the molecule is COC(=O)CC1Oc2ccccc2Oc2ccccc21. The van der Waals surface area contributed by atoms with Gasteiger partial charge in [-0.2, -0.15) is 0 Å². The predicted molar refractivity (Wildman–Crippen MR) is 73.0 cm³/mol. The van der Waals surface area contributed by atoms with Crippen molar-refractivity contribution in [2.75, 3.05) is 7.11 Å². The molecule has 0 N–H and O–H groups in total. The molecule has 0 aliphatic carbocycles. The number of ether oxygens (including phenoxy) is 3. The summed E-state index contributed by atoms with van der Waals surface area (Å²) in [6.45, 7) is 0. The lowest BCUT2D eigenvalue weighted by molar-refractivity contribution is -0.142. The van der Waals surface area contributed by atoms with Crippen molar-refractivity contribution in [3.05, 3.63) is 54.1 Å². The van der Waals surface area contributed by atoms with Crippen molar-refractivity contribution < 1.29 is 19.0 Å². The van der Waals surface area contributed by atoms with Crippen LogP contribution in [0, 0.1) is 0 Å². The van der Waals surface area contributed by atoms with Crippen molar-refractivity contribution >= 4 is 5.97 Å². The van der Waals surface area contributed by atoms with Gasteiger partial charge in [-0.25, -0.2) is 0 Å². The van der Waals surface area contributed by atoms with Crippen LogP contribution in [0.1, 0.15) is 18.1 Å². The Morgan fingerprint density at radius 2 is 1.70 bits per heavy atom. The first-order chi connectivity index (χ1) is 9.78. The van der Waals surface area contributed by atoms with Crippen LogP contribution in [-0.2, 0) is 9.53 Å². The number of carbonyl (C=O) groups excluding carboxylic acids is 1. The third-order valence-corrected chi connectivity index (χ3v) is 3.18. The molecule has 0 spiro atoms. The lowest BCUT2D eigenvalue weighted by atomic mass is 10.1. The Labute approximate surface area is 116 Å². The van der Waals surface area contributed by atoms with Crippen LogP contribution in [0.5, 0.6) is 17.2 Å². The van der Waals surface area contributed by atoms with E-state index in [0.29, 0.717) is 17.2 Å². The minimum atomic E-state index is -0.415. The highest BCUT2D eigenvalue weighted by atomic mass is 16.5. The summed E-state index contributed by atoms with van der Waals surface area (Å²) in [6, 6.07) is 15.0. The maximum Gasteiger partial charge on any atom is 0.309 e. The number of methoxy groups -OCH3 is 1. The molecular weight excluding hydrogens is 256 g/mol. The van der Waals surface area contributed by atoms with E-state index in [9.17, 15) is 4.79 Å². The molecule has 20 heavy (non-hydrogen) atoms. The van der Waals surface area contributed by atoms with Gasteiger partial charge < -0.3 is 14.2 Å². The normalized spacial score (nSPS) is 15.9. The third kappa shape index (κ3) is 2.32. The van der Waals surface area contributed by atoms with Gasteiger partial charge in [0.15, 0.2) is 11.5 Å². The highest BCUT2D eigenvalue weighted by Gasteiger charge is 2.26. The van der Waals surface area contributed by atoms with Crippen molar-refractivity contribution in [3.8, 4) is 17.2 Å². The summed E-state index contributed by atoms with van der Waals surface area (Å²) in [5.41, 5.74) is 0.842. The maximum atomic E-state index is 11.6. The Balaban J connectivity index is 2.03. The molecule has 3 rings (SSSR count). The maximum absolute atomic E-state index is 11.6. The zero-order valence-corrected chi connectivity index (χ0v) is 11.0. The molecule has 1 heterocycles. The minimum absolute atomic E-state index is 0.144. The number of carbonyl (C=O) groups is 1. The van der Waals surface area contributed by atoms with E-state index >= 15 is 0 Å². The van der Waals surface area contributed by atoms with Crippen LogP contribution in [-0.4, -0.2) is 13.1 Å². The number of esters is 1. The molecule has 0 amide bonds. The molecule has 0 fully saturated rings. The monoisotopic (exact) mass is 270 g/mol. The quantitative estimate of drug-likeness (QED) is 0.784. The fourth-order valence-electron chi connectivity index (χ4n) is 2.19. The highest BCUT2D eigenvalue weighted by Crippen LogP contribution is 2.42. The van der Waals surface area contributed by atoms with E-state index in [2.05, 4.69) is 0 Å². The van der Waals surface area contributed by atoms with Crippen LogP contribution in [0.25, 0.3) is 0 Å². The van der Waals surface area contributed by atoms with E-state index in [1.165, 1.54) is 7.11 Å². The van der Waals surface area contributed by atoms with Crippen LogP contribution >= 0.6 is 0 Å². The summed E-state index contributed by atoms with van der Waals surface area (Å²) in [6.07, 6.45) is -0.270. The molecule has 4 nitrogen and oxygen atoms in total. The molecule has 4 heteroatoms. The first-order valence-corrected chi connectivity index (χ1v) is 6.37. The fraction of sp³-hybridized carbons (Fsp3) is 0.188. The van der Waals surface area contributed by atoms with E-state index in [1.807, 2.05) is 48.5 Å². The molecule has 1 aliphatic rings. The number of fused-ring (bicyclic) bond motifs is 2. The van der Waals surface area contributed by atoms with Gasteiger partial charge in [0.1, 0.15) is 11.9 Å². The second kappa shape index (κ2) is 5.25. The predicted octanol–water partition coefficient (Wildman–Crippen LogP) is 3.48. The minimum Gasteiger partial charge on any atom is -0.481 e. The Kier molecular flexibility index (Phi) is 3.29. The smallest absolute Gasteiger partial charge is 0.309 e. The average molecular weight is 270 g/mol. The van der Waals surface area contributed by atoms with Gasteiger partial charge in [-0.3, -0.25) is 4.79 Å². The summed E-state index contributed by atoms with van der Waals surface area (Å²) >= 11 is 0. The van der Waals surface area contributed by atoms with Gasteiger partial charge >= 0.3 is 5.97 Å². The van der Waals surface area contributed by atoms with Gasteiger partial charge in [0.05, 0.1) is 13.5 Å². The Bertz CT molecular complexity index is 636. The molecule has 102 valence electrons. The molecule has 2 aromatic rings. The molecule has 0 radical (unpaired) electrons. The van der Waals surface area contributed by atoms with Gasteiger partial charge in [0.25, 0.3) is 0 Å². The Morgan fingerprint density at radius 3 is 2.45 bits per heavy atom. The number of hydrogen-bond donors (Lipinski definition) is 0. The van der Waals surface area contributed by atoms with Crippen molar-refractivity contribution in [3.63, 3.8) is 0 Å². The summed E-state index contributed by atoms with van der Waals surface area (Å²) in [7, 11) is 1.37. The first-order valence-electron chi connectivity index (χ1n) is 6.37. The van der Waals surface area contributed by atoms with E-state index in [-0.39, 0.29) is 12.4 Å². The summed E-state index contributed by atoms with van der Waals surface area (Å²) in [4.78, 5) is 11.6. The van der Waals surface area contributed by atoms with Crippen molar-refractivity contribution in [2.45, 2.75) is 12.5 Å². The van der Waals surface area contributed by atoms with Crippen LogP contribution in [0.15, 0.2) is 48.5 Å². The zero-order valence-electron chi connectivity index (χ0n) is 11.0. The molecule has 0 bridgehead atoms. The van der Waals surface area contributed by atoms with Crippen molar-refractivity contribution in [1.29, 1.82) is 0 Å². The summed E-state index contributed by atoms with van der Waals surface area (Å²) in [5.74, 6) is 1.65. The molecule has 1 unspecified atom stereocenters. The first kappa shape index (κ1) is 12.5. The van der Waals surface area contributed by atoms with Gasteiger partial charge in [0, 0.05) is 5.56 Å². The fourth-order valence-corrected chi connectivity index (χ4v) is 2.19. The number of hydrogen-bond acceptors (Lipinski definition) is 4. The number of para-hydroxylation sites is 3. The molecule has 0 aromatic heterocycles. The topological polar surface area (TPSA) is 44.8 Å². The van der Waals surface area contributed by atoms with Gasteiger partial charge in [0.2, 0.25) is 0 Å². The second-order valence-electron chi connectivity index (χ2n) is 4.47. The lowest BCUT2D eigenvalue weighted by Gasteiger charge is -2.16. The third-order valence-electron chi connectivity index (χ3n) is 3.18. The largest absolute Gasteiger partial charge is 0.481 e. The molecule has 0 saturated heterocycles. The standard InChI is InChI=1S/C16H14O4/c1-18-16(17)10-15-11-6-2-3-7-12(11)19-13-8-4-5-9-14(13)20-15/h2-9,15H,10H2,1H3. The zero-order chi connectivity index (χ0) is 13.9. The highest BCUT2D eigenvalue weighted by molar-refractivity contribution is 5.70. The van der Waals surface area contributed by atoms with E-state index < -0.39 is 6.10 Å². The molecule has 1 atom stereocenters. The van der Waals surface area contributed by atoms with E-state index in [1.54, 1.807) is 0 Å². The number of rotatable bonds is 2. The van der Waals surface area contributed by atoms with E-state index in [4.69, 9.17) is 14.2 Å². The van der Waals surface area contributed by atoms with Gasteiger partial charge in [-0.15, -0.1) is 0 Å². The van der Waals surface area contributed by atoms with Crippen LogP contribution in [0.3, 0.4) is 0 Å². The average Bonchev–Trinajstić information content (AvgIpc) is 2.63. The lowest BCUT2D eigenvalue weighted by Crippen LogP contribution is -2.13. The van der Waals surface area contributed by atoms with Gasteiger partial charge in [-0.05, 0) is 18.2 Å². The Hall–Kier alpha value is -2.49. The molecule has 2 aromatic carbocycles. The molecular formula is C16H14O4. The van der Waals surface area contributed by atoms with Crippen LogP contribution < -0.4 is 9.47 Å². The van der Waals surface area contributed by atoms with Crippen LogP contribution in [0.2, 0.25) is 0 Å². The van der Waals surface area contributed by atoms with Gasteiger partial charge in [-0.1, -0.05) is 30.3 Å². The number of benzene rings is 2. The molecule has 1 aliphatic heterocycles. The second-order valence-corrected chi connectivity index (χ2v) is 4.47. The Morgan fingerprint density at radius 1 is 1.05 bits per heavy atom. The van der Waals surface area contributed by atoms with Crippen molar-refractivity contribution in [1.82, 2.24) is 0 Å².